The van der Waals surface area contributed by atoms with Crippen molar-refractivity contribution < 1.29 is 4.79 Å². The maximum absolute atomic E-state index is 13.3. The topological polar surface area (TPSA) is 23.6 Å². The lowest BCUT2D eigenvalue weighted by atomic mass is 9.95. The van der Waals surface area contributed by atoms with Gasteiger partial charge in [0, 0.05) is 34.9 Å². The fraction of sp³-hybridized carbons (Fsp3) is 0.409. The molecule has 1 fully saturated rings. The lowest BCUT2D eigenvalue weighted by Gasteiger charge is -2.35. The number of fused-ring (bicyclic) bond motifs is 1. The van der Waals surface area contributed by atoms with Crippen molar-refractivity contribution in [3.63, 3.8) is 0 Å². The molecule has 1 amide bonds. The molecular formula is C22H24Cl2N2O. The van der Waals surface area contributed by atoms with Crippen molar-refractivity contribution in [1.82, 2.24) is 4.90 Å². The first-order valence-electron chi connectivity index (χ1n) is 9.60. The molecule has 0 aliphatic carbocycles. The van der Waals surface area contributed by atoms with Crippen LogP contribution in [0.5, 0.6) is 0 Å². The van der Waals surface area contributed by atoms with Gasteiger partial charge in [-0.05, 0) is 62.1 Å². The molecule has 2 aromatic rings. The molecule has 5 heteroatoms. The Balaban J connectivity index is 1.47. The second kappa shape index (κ2) is 7.83. The van der Waals surface area contributed by atoms with Gasteiger partial charge in [-0.1, -0.05) is 47.5 Å². The molecule has 0 spiro atoms. The molecule has 2 heterocycles. The Kier molecular flexibility index (Phi) is 5.45. The van der Waals surface area contributed by atoms with Crippen molar-refractivity contribution in [3.8, 4) is 0 Å². The Morgan fingerprint density at radius 1 is 1.19 bits per heavy atom. The third kappa shape index (κ3) is 3.87. The smallest absolute Gasteiger partial charge is 0.231 e. The van der Waals surface area contributed by atoms with Gasteiger partial charge >= 0.3 is 0 Å². The maximum atomic E-state index is 13.3. The molecule has 0 radical (unpaired) electrons. The Bertz CT molecular complexity index is 854. The zero-order chi connectivity index (χ0) is 19.0. The number of hydrogen-bond donors (Lipinski definition) is 0. The number of carbonyl (C=O) groups excluding carboxylic acids is 1. The Hall–Kier alpha value is -1.55. The standard InChI is InChI=1S/C22H24Cl2N2O/c1-15-11-16-5-2-3-7-21(16)26(15)22(27)18-6-4-10-25(14-18)13-17-8-9-19(23)12-20(17)24/h2-3,5,7-9,12,15,18H,4,6,10-11,13-14H2,1H3/t15-,18-/m1/s1. The molecule has 0 unspecified atom stereocenters. The number of halogens is 2. The highest BCUT2D eigenvalue weighted by Crippen LogP contribution is 2.34. The molecule has 3 nitrogen and oxygen atoms in total. The van der Waals surface area contributed by atoms with Gasteiger partial charge in [0.2, 0.25) is 5.91 Å². The van der Waals surface area contributed by atoms with Crippen LogP contribution in [0.15, 0.2) is 42.5 Å². The van der Waals surface area contributed by atoms with Crippen LogP contribution in [0.1, 0.15) is 30.9 Å². The van der Waals surface area contributed by atoms with Crippen molar-refractivity contribution in [2.45, 2.75) is 38.8 Å². The number of piperidine rings is 1. The lowest BCUT2D eigenvalue weighted by molar-refractivity contribution is -0.124. The van der Waals surface area contributed by atoms with Crippen LogP contribution in [0.25, 0.3) is 0 Å². The summed E-state index contributed by atoms with van der Waals surface area (Å²) in [4.78, 5) is 17.7. The van der Waals surface area contributed by atoms with Gasteiger partial charge in [0.25, 0.3) is 0 Å². The summed E-state index contributed by atoms with van der Waals surface area (Å²) in [6, 6.07) is 14.2. The van der Waals surface area contributed by atoms with Gasteiger partial charge in [-0.25, -0.2) is 0 Å². The third-order valence-electron chi connectivity index (χ3n) is 5.71. The molecule has 2 aliphatic heterocycles. The van der Waals surface area contributed by atoms with E-state index in [-0.39, 0.29) is 17.9 Å². The van der Waals surface area contributed by atoms with Gasteiger partial charge in [-0.2, -0.15) is 0 Å². The second-order valence-corrected chi connectivity index (χ2v) is 8.54. The van der Waals surface area contributed by atoms with Crippen LogP contribution in [0.2, 0.25) is 10.0 Å². The molecular weight excluding hydrogens is 379 g/mol. The first kappa shape index (κ1) is 18.8. The number of hydrogen-bond acceptors (Lipinski definition) is 2. The minimum Gasteiger partial charge on any atom is -0.309 e. The van der Waals surface area contributed by atoms with Gasteiger partial charge in [-0.15, -0.1) is 0 Å². The monoisotopic (exact) mass is 402 g/mol. The first-order valence-corrected chi connectivity index (χ1v) is 10.4. The summed E-state index contributed by atoms with van der Waals surface area (Å²) in [6.07, 6.45) is 2.93. The number of carbonyl (C=O) groups is 1. The molecule has 0 bridgehead atoms. The molecule has 2 aliphatic rings. The van der Waals surface area contributed by atoms with Gasteiger partial charge in [-0.3, -0.25) is 9.69 Å². The zero-order valence-electron chi connectivity index (χ0n) is 15.5. The van der Waals surface area contributed by atoms with E-state index in [0.717, 1.165) is 50.1 Å². The summed E-state index contributed by atoms with van der Waals surface area (Å²) in [5, 5.41) is 1.34. The van der Waals surface area contributed by atoms with Crippen molar-refractivity contribution in [3.05, 3.63) is 63.6 Å². The average Bonchev–Trinajstić information content (AvgIpc) is 2.99. The molecule has 1 saturated heterocycles. The minimum atomic E-state index is 0.0402. The third-order valence-corrected chi connectivity index (χ3v) is 6.30. The van der Waals surface area contributed by atoms with E-state index >= 15 is 0 Å². The normalized spacial score (nSPS) is 22.7. The van der Waals surface area contributed by atoms with Crippen LogP contribution in [0.3, 0.4) is 0 Å². The van der Waals surface area contributed by atoms with Crippen LogP contribution in [-0.2, 0) is 17.8 Å². The summed E-state index contributed by atoms with van der Waals surface area (Å²) in [6.45, 7) is 4.68. The van der Waals surface area contributed by atoms with Gasteiger partial charge in [0.15, 0.2) is 0 Å². The van der Waals surface area contributed by atoms with Gasteiger partial charge in [0.1, 0.15) is 0 Å². The van der Waals surface area contributed by atoms with Crippen molar-refractivity contribution >= 4 is 34.8 Å². The molecule has 27 heavy (non-hydrogen) atoms. The molecule has 2 atom stereocenters. The number of likely N-dealkylation sites (tertiary alicyclic amines) is 1. The van der Waals surface area contributed by atoms with Crippen LogP contribution < -0.4 is 4.90 Å². The lowest BCUT2D eigenvalue weighted by Crippen LogP contribution is -2.46. The number of rotatable bonds is 3. The number of para-hydroxylation sites is 1. The van der Waals surface area contributed by atoms with Crippen molar-refractivity contribution in [1.29, 1.82) is 0 Å². The van der Waals surface area contributed by atoms with E-state index in [4.69, 9.17) is 23.2 Å². The number of anilines is 1. The number of nitrogens with zero attached hydrogens (tertiary/aromatic N) is 2. The molecule has 0 N–H and O–H groups in total. The highest BCUT2D eigenvalue weighted by molar-refractivity contribution is 6.35. The van der Waals surface area contributed by atoms with Crippen LogP contribution in [0, 0.1) is 5.92 Å². The van der Waals surface area contributed by atoms with E-state index in [1.165, 1.54) is 5.56 Å². The van der Waals surface area contributed by atoms with E-state index in [2.05, 4.69) is 30.0 Å². The summed E-state index contributed by atoms with van der Waals surface area (Å²) >= 11 is 12.3. The number of benzene rings is 2. The van der Waals surface area contributed by atoms with E-state index in [1.807, 2.05) is 23.1 Å². The van der Waals surface area contributed by atoms with Crippen LogP contribution in [0.4, 0.5) is 5.69 Å². The Labute approximate surface area is 170 Å². The second-order valence-electron chi connectivity index (χ2n) is 7.70. The average molecular weight is 403 g/mol. The van der Waals surface area contributed by atoms with Gasteiger partial charge in [0.05, 0.1) is 5.92 Å². The largest absolute Gasteiger partial charge is 0.309 e. The Morgan fingerprint density at radius 3 is 2.81 bits per heavy atom. The predicted octanol–water partition coefficient (Wildman–Crippen LogP) is 5.18. The van der Waals surface area contributed by atoms with E-state index in [1.54, 1.807) is 6.07 Å². The molecule has 142 valence electrons. The van der Waals surface area contributed by atoms with Crippen molar-refractivity contribution in [2.75, 3.05) is 18.0 Å². The number of amides is 1. The molecule has 0 aromatic heterocycles. The molecule has 0 saturated carbocycles. The van der Waals surface area contributed by atoms with E-state index in [9.17, 15) is 4.79 Å². The van der Waals surface area contributed by atoms with E-state index < -0.39 is 0 Å². The van der Waals surface area contributed by atoms with Crippen LogP contribution >= 0.6 is 23.2 Å². The summed E-state index contributed by atoms with van der Waals surface area (Å²) in [5.74, 6) is 0.304. The predicted molar refractivity (Wildman–Crippen MR) is 112 cm³/mol. The van der Waals surface area contributed by atoms with Crippen LogP contribution in [-0.4, -0.2) is 29.9 Å². The fourth-order valence-electron chi connectivity index (χ4n) is 4.39. The highest BCUT2D eigenvalue weighted by Gasteiger charge is 2.36. The SMILES string of the molecule is C[C@@H]1Cc2ccccc2N1C(=O)[C@@H]1CCCN(Cc2ccc(Cl)cc2Cl)C1. The molecule has 2 aromatic carbocycles. The van der Waals surface area contributed by atoms with Gasteiger partial charge < -0.3 is 4.90 Å². The summed E-state index contributed by atoms with van der Waals surface area (Å²) < 4.78 is 0. The maximum Gasteiger partial charge on any atom is 0.231 e. The van der Waals surface area contributed by atoms with E-state index in [0.29, 0.717) is 10.0 Å². The molecule has 4 rings (SSSR count). The van der Waals surface area contributed by atoms with Crippen molar-refractivity contribution in [2.24, 2.45) is 5.92 Å². The fourth-order valence-corrected chi connectivity index (χ4v) is 4.86. The summed E-state index contributed by atoms with van der Waals surface area (Å²) in [7, 11) is 0. The Morgan fingerprint density at radius 2 is 2.00 bits per heavy atom. The highest BCUT2D eigenvalue weighted by atomic mass is 35.5. The quantitative estimate of drug-likeness (QED) is 0.705. The zero-order valence-corrected chi connectivity index (χ0v) is 17.0. The minimum absolute atomic E-state index is 0.0402. The summed E-state index contributed by atoms with van der Waals surface area (Å²) in [5.41, 5.74) is 3.43. The first-order chi connectivity index (χ1) is 13.0.